The van der Waals surface area contributed by atoms with Gasteiger partial charge in [-0.2, -0.15) is 0 Å². The minimum absolute atomic E-state index is 0.163. The Morgan fingerprint density at radius 3 is 3.00 bits per heavy atom. The van der Waals surface area contributed by atoms with E-state index in [1.54, 1.807) is 0 Å². The minimum Gasteiger partial charge on any atom is -0.396 e. The SMILES string of the molecule is OCC1C(O)C2CC23C2C=CC3C1C2. The third kappa shape index (κ3) is 0.583. The summed E-state index contributed by atoms with van der Waals surface area (Å²) in [4.78, 5) is 0. The first-order chi connectivity index (χ1) is 6.79. The number of allylic oxidation sites excluding steroid dienone is 2. The summed E-state index contributed by atoms with van der Waals surface area (Å²) < 4.78 is 0. The molecule has 1 spiro atoms. The molecule has 7 unspecified atom stereocenters. The summed E-state index contributed by atoms with van der Waals surface area (Å²) >= 11 is 0. The molecular weight excluding hydrogens is 176 g/mol. The standard InChI is InChI=1S/C12H16O2/c13-5-8-7-3-6-1-2-9(7)12(6)4-10(12)11(8)14/h1-2,6-11,13-14H,3-5H2. The van der Waals surface area contributed by atoms with Crippen LogP contribution < -0.4 is 0 Å². The highest BCUT2D eigenvalue weighted by Gasteiger charge is 2.75. The van der Waals surface area contributed by atoms with Gasteiger partial charge in [0.05, 0.1) is 6.10 Å². The molecule has 7 atom stereocenters. The van der Waals surface area contributed by atoms with Gasteiger partial charge in [-0.3, -0.25) is 0 Å². The van der Waals surface area contributed by atoms with Crippen LogP contribution in [0.3, 0.4) is 0 Å². The van der Waals surface area contributed by atoms with E-state index in [1.807, 2.05) is 0 Å². The Bertz CT molecular complexity index is 324. The van der Waals surface area contributed by atoms with Crippen molar-refractivity contribution in [3.05, 3.63) is 12.2 Å². The van der Waals surface area contributed by atoms with Gasteiger partial charge >= 0.3 is 0 Å². The third-order valence-electron chi connectivity index (χ3n) is 5.56. The molecule has 4 aliphatic rings. The first kappa shape index (κ1) is 7.89. The second-order valence-electron chi connectivity index (χ2n) is 5.68. The number of aliphatic hydroxyl groups excluding tert-OH is 2. The van der Waals surface area contributed by atoms with Gasteiger partial charge < -0.3 is 10.2 Å². The van der Waals surface area contributed by atoms with Gasteiger partial charge in [0.15, 0.2) is 0 Å². The maximum atomic E-state index is 10.1. The summed E-state index contributed by atoms with van der Waals surface area (Å²) in [6.07, 6.45) is 6.95. The molecule has 0 aromatic rings. The second-order valence-corrected chi connectivity index (χ2v) is 5.68. The van der Waals surface area contributed by atoms with Gasteiger partial charge in [0.25, 0.3) is 0 Å². The summed E-state index contributed by atoms with van der Waals surface area (Å²) in [5.41, 5.74) is 0.468. The number of aliphatic hydroxyl groups is 2. The molecule has 76 valence electrons. The van der Waals surface area contributed by atoms with E-state index in [1.165, 1.54) is 12.8 Å². The van der Waals surface area contributed by atoms with Gasteiger partial charge in [-0.25, -0.2) is 0 Å². The van der Waals surface area contributed by atoms with Crippen LogP contribution in [0, 0.1) is 35.0 Å². The summed E-state index contributed by atoms with van der Waals surface area (Å²) in [7, 11) is 0. The van der Waals surface area contributed by atoms with Gasteiger partial charge in [-0.15, -0.1) is 0 Å². The molecule has 3 fully saturated rings. The van der Waals surface area contributed by atoms with Crippen molar-refractivity contribution in [2.24, 2.45) is 35.0 Å². The number of hydrogen-bond acceptors (Lipinski definition) is 2. The van der Waals surface area contributed by atoms with Crippen LogP contribution in [-0.2, 0) is 0 Å². The molecule has 2 N–H and O–H groups in total. The van der Waals surface area contributed by atoms with Crippen LogP contribution >= 0.6 is 0 Å². The molecule has 0 amide bonds. The molecule has 2 heteroatoms. The first-order valence-corrected chi connectivity index (χ1v) is 5.76. The number of hydrogen-bond donors (Lipinski definition) is 2. The van der Waals surface area contributed by atoms with Crippen molar-refractivity contribution in [3.63, 3.8) is 0 Å². The molecule has 0 aromatic carbocycles. The van der Waals surface area contributed by atoms with Crippen molar-refractivity contribution < 1.29 is 10.2 Å². The fourth-order valence-electron chi connectivity index (χ4n) is 4.94. The quantitative estimate of drug-likeness (QED) is 0.603. The highest BCUT2D eigenvalue weighted by molar-refractivity contribution is 5.33. The lowest BCUT2D eigenvalue weighted by molar-refractivity contribution is -0.0203. The molecule has 4 aliphatic carbocycles. The Morgan fingerprint density at radius 2 is 2.21 bits per heavy atom. The van der Waals surface area contributed by atoms with Crippen molar-refractivity contribution in [1.29, 1.82) is 0 Å². The normalized spacial score (nSPS) is 67.0. The monoisotopic (exact) mass is 192 g/mol. The summed E-state index contributed by atoms with van der Waals surface area (Å²) in [6.45, 7) is 0.176. The molecule has 4 bridgehead atoms. The predicted molar refractivity (Wildman–Crippen MR) is 51.3 cm³/mol. The van der Waals surface area contributed by atoms with Crippen molar-refractivity contribution in [1.82, 2.24) is 0 Å². The van der Waals surface area contributed by atoms with E-state index in [-0.39, 0.29) is 18.6 Å². The molecule has 0 aromatic heterocycles. The maximum absolute atomic E-state index is 10.1. The molecular formula is C12H16O2. The largest absolute Gasteiger partial charge is 0.396 e. The van der Waals surface area contributed by atoms with Crippen molar-refractivity contribution in [3.8, 4) is 0 Å². The average molecular weight is 192 g/mol. The fraction of sp³-hybridized carbons (Fsp3) is 0.833. The highest BCUT2D eigenvalue weighted by atomic mass is 16.3. The van der Waals surface area contributed by atoms with Gasteiger partial charge in [-0.1, -0.05) is 12.2 Å². The van der Waals surface area contributed by atoms with E-state index in [0.717, 1.165) is 5.92 Å². The van der Waals surface area contributed by atoms with Crippen LogP contribution in [0.4, 0.5) is 0 Å². The molecule has 2 nitrogen and oxygen atoms in total. The van der Waals surface area contributed by atoms with Gasteiger partial charge in [0.2, 0.25) is 0 Å². The van der Waals surface area contributed by atoms with Gasteiger partial charge in [-0.05, 0) is 41.9 Å². The molecule has 0 aliphatic heterocycles. The van der Waals surface area contributed by atoms with Crippen molar-refractivity contribution in [2.45, 2.75) is 18.9 Å². The van der Waals surface area contributed by atoms with Crippen molar-refractivity contribution >= 4 is 0 Å². The van der Waals surface area contributed by atoms with Crippen LogP contribution in [0.2, 0.25) is 0 Å². The van der Waals surface area contributed by atoms with Crippen LogP contribution in [0.1, 0.15) is 12.8 Å². The van der Waals surface area contributed by atoms with E-state index in [2.05, 4.69) is 12.2 Å². The average Bonchev–Trinajstić information content (AvgIpc) is 2.79. The lowest BCUT2D eigenvalue weighted by atomic mass is 9.71. The molecule has 0 radical (unpaired) electrons. The van der Waals surface area contributed by atoms with Crippen LogP contribution in [0.5, 0.6) is 0 Å². The van der Waals surface area contributed by atoms with E-state index in [9.17, 15) is 10.2 Å². The Hall–Kier alpha value is -0.340. The maximum Gasteiger partial charge on any atom is 0.0627 e. The summed E-state index contributed by atoms with van der Waals surface area (Å²) in [5.74, 6) is 2.66. The van der Waals surface area contributed by atoms with E-state index >= 15 is 0 Å². The van der Waals surface area contributed by atoms with Gasteiger partial charge in [0.1, 0.15) is 0 Å². The summed E-state index contributed by atoms with van der Waals surface area (Å²) in [6, 6.07) is 0. The highest BCUT2D eigenvalue weighted by Crippen LogP contribution is 2.78. The Kier molecular flexibility index (Phi) is 1.18. The lowest BCUT2D eigenvalue weighted by Crippen LogP contribution is -2.40. The lowest BCUT2D eigenvalue weighted by Gasteiger charge is -2.36. The zero-order chi connectivity index (χ0) is 9.50. The minimum atomic E-state index is -0.217. The zero-order valence-corrected chi connectivity index (χ0v) is 8.13. The fourth-order valence-corrected chi connectivity index (χ4v) is 4.94. The molecule has 0 heterocycles. The van der Waals surface area contributed by atoms with E-state index < -0.39 is 0 Å². The predicted octanol–water partition coefficient (Wildman–Crippen LogP) is 0.798. The third-order valence-corrected chi connectivity index (χ3v) is 5.56. The first-order valence-electron chi connectivity index (χ1n) is 5.76. The zero-order valence-electron chi connectivity index (χ0n) is 8.13. The Balaban J connectivity index is 1.81. The van der Waals surface area contributed by atoms with Crippen LogP contribution in [0.25, 0.3) is 0 Å². The summed E-state index contributed by atoms with van der Waals surface area (Å²) in [5, 5.41) is 19.5. The molecule has 0 saturated heterocycles. The van der Waals surface area contributed by atoms with Crippen LogP contribution in [0.15, 0.2) is 12.2 Å². The Labute approximate surface area is 83.6 Å². The number of rotatable bonds is 1. The smallest absolute Gasteiger partial charge is 0.0627 e. The van der Waals surface area contributed by atoms with Crippen molar-refractivity contribution in [2.75, 3.05) is 6.61 Å². The Morgan fingerprint density at radius 1 is 1.36 bits per heavy atom. The molecule has 14 heavy (non-hydrogen) atoms. The molecule has 4 rings (SSSR count). The van der Waals surface area contributed by atoms with Crippen LogP contribution in [-0.4, -0.2) is 22.9 Å². The topological polar surface area (TPSA) is 40.5 Å². The van der Waals surface area contributed by atoms with E-state index in [0.29, 0.717) is 23.2 Å². The molecule has 3 saturated carbocycles. The van der Waals surface area contributed by atoms with Gasteiger partial charge in [0, 0.05) is 12.5 Å². The second kappa shape index (κ2) is 2.10. The van der Waals surface area contributed by atoms with E-state index in [4.69, 9.17) is 0 Å².